The second-order valence-electron chi connectivity index (χ2n) is 8.85. The Morgan fingerprint density at radius 3 is 2.00 bits per heavy atom. The van der Waals surface area contributed by atoms with Crippen LogP contribution in [-0.4, -0.2) is 30.1 Å². The van der Waals surface area contributed by atoms with Crippen LogP contribution in [0.15, 0.2) is 72.8 Å². The first kappa shape index (κ1) is 27.7. The van der Waals surface area contributed by atoms with Crippen molar-refractivity contribution in [3.05, 3.63) is 95.3 Å². The van der Waals surface area contributed by atoms with E-state index in [4.69, 9.17) is 14.6 Å². The number of aryl methyl sites for hydroxylation is 1. The topological polar surface area (TPSA) is 84.9 Å². The normalized spacial score (nSPS) is 10.6. The van der Waals surface area contributed by atoms with E-state index in [1.54, 1.807) is 24.3 Å². The average Bonchev–Trinajstić information content (AvgIpc) is 2.90. The molecule has 0 bridgehead atoms. The average molecular weight is 508 g/mol. The van der Waals surface area contributed by atoms with Gasteiger partial charge in [0, 0.05) is 12.1 Å². The minimum absolute atomic E-state index is 0.0838. The van der Waals surface area contributed by atoms with E-state index in [9.17, 15) is 14.0 Å². The highest BCUT2D eigenvalue weighted by molar-refractivity contribution is 5.94. The van der Waals surface area contributed by atoms with Crippen molar-refractivity contribution in [3.63, 3.8) is 0 Å². The molecule has 0 atom stereocenters. The van der Waals surface area contributed by atoms with E-state index in [0.29, 0.717) is 18.8 Å². The maximum atomic E-state index is 13.0. The van der Waals surface area contributed by atoms with E-state index in [2.05, 4.69) is 5.32 Å². The van der Waals surface area contributed by atoms with Crippen LogP contribution in [0, 0.1) is 5.82 Å². The third kappa shape index (κ3) is 10.7. The Morgan fingerprint density at radius 2 is 1.32 bits per heavy atom. The van der Waals surface area contributed by atoms with Crippen LogP contribution in [0.1, 0.15) is 60.0 Å². The highest BCUT2D eigenvalue weighted by atomic mass is 19.1. The van der Waals surface area contributed by atoms with E-state index < -0.39 is 5.97 Å². The predicted molar refractivity (Wildman–Crippen MR) is 140 cm³/mol. The standard InChI is InChI=1S/C30H34FNO5/c31-26-13-9-24(10-14-26)22-37-28-17-15-27(16-18-28)36-21-5-3-1-2-4-6-23-7-11-25(12-8-23)30(35)32-20-19-29(33)34/h7-18H,1-6,19-22H2,(H,32,35)(H,33,34). The number of hydrogen-bond donors (Lipinski definition) is 2. The van der Waals surface area contributed by atoms with Crippen molar-refractivity contribution in [2.24, 2.45) is 0 Å². The lowest BCUT2D eigenvalue weighted by Crippen LogP contribution is -2.25. The molecule has 3 rings (SSSR count). The maximum Gasteiger partial charge on any atom is 0.305 e. The zero-order valence-corrected chi connectivity index (χ0v) is 21.0. The van der Waals surface area contributed by atoms with E-state index in [0.717, 1.165) is 55.6 Å². The summed E-state index contributed by atoms with van der Waals surface area (Å²) in [6.07, 6.45) is 6.35. The minimum atomic E-state index is -0.930. The van der Waals surface area contributed by atoms with Crippen LogP contribution in [0.5, 0.6) is 11.5 Å². The molecule has 0 unspecified atom stereocenters. The molecule has 37 heavy (non-hydrogen) atoms. The van der Waals surface area contributed by atoms with Crippen LogP contribution in [0.3, 0.4) is 0 Å². The molecule has 1 amide bonds. The van der Waals surface area contributed by atoms with Crippen molar-refractivity contribution in [2.75, 3.05) is 13.2 Å². The Labute approximate surface area is 217 Å². The number of aliphatic carboxylic acids is 1. The monoisotopic (exact) mass is 507 g/mol. The van der Waals surface area contributed by atoms with Crippen molar-refractivity contribution in [1.29, 1.82) is 0 Å². The summed E-state index contributed by atoms with van der Waals surface area (Å²) in [5.41, 5.74) is 2.65. The number of benzene rings is 3. The number of nitrogens with one attached hydrogen (secondary N) is 1. The first-order chi connectivity index (χ1) is 18.0. The number of rotatable bonds is 16. The zero-order valence-electron chi connectivity index (χ0n) is 21.0. The van der Waals surface area contributed by atoms with Gasteiger partial charge < -0.3 is 19.9 Å². The molecule has 0 radical (unpaired) electrons. The molecule has 0 saturated carbocycles. The van der Waals surface area contributed by atoms with E-state index in [-0.39, 0.29) is 24.7 Å². The first-order valence-electron chi connectivity index (χ1n) is 12.7. The van der Waals surface area contributed by atoms with Crippen molar-refractivity contribution >= 4 is 11.9 Å². The second kappa shape index (κ2) is 15.3. The summed E-state index contributed by atoms with van der Waals surface area (Å²) < 4.78 is 24.5. The van der Waals surface area contributed by atoms with Gasteiger partial charge in [-0.3, -0.25) is 9.59 Å². The van der Waals surface area contributed by atoms with Crippen molar-refractivity contribution in [3.8, 4) is 11.5 Å². The fourth-order valence-electron chi connectivity index (χ4n) is 3.74. The van der Waals surface area contributed by atoms with Crippen molar-refractivity contribution in [1.82, 2.24) is 5.32 Å². The lowest BCUT2D eigenvalue weighted by Gasteiger charge is -2.09. The van der Waals surface area contributed by atoms with Gasteiger partial charge in [0.2, 0.25) is 0 Å². The van der Waals surface area contributed by atoms with Gasteiger partial charge in [-0.1, -0.05) is 43.5 Å². The van der Waals surface area contributed by atoms with Gasteiger partial charge in [0.25, 0.3) is 5.91 Å². The van der Waals surface area contributed by atoms with Gasteiger partial charge in [0.1, 0.15) is 23.9 Å². The molecule has 2 N–H and O–H groups in total. The molecular weight excluding hydrogens is 473 g/mol. The second-order valence-corrected chi connectivity index (χ2v) is 8.85. The lowest BCUT2D eigenvalue weighted by molar-refractivity contribution is -0.136. The molecular formula is C30H34FNO5. The minimum Gasteiger partial charge on any atom is -0.494 e. The SMILES string of the molecule is O=C(O)CCNC(=O)c1ccc(CCCCCCCOc2ccc(OCc3ccc(F)cc3)cc2)cc1. The lowest BCUT2D eigenvalue weighted by atomic mass is 10.0. The first-order valence-corrected chi connectivity index (χ1v) is 12.7. The zero-order chi connectivity index (χ0) is 26.3. The molecule has 0 aliphatic rings. The molecule has 3 aromatic carbocycles. The highest BCUT2D eigenvalue weighted by Crippen LogP contribution is 2.19. The smallest absolute Gasteiger partial charge is 0.305 e. The van der Waals surface area contributed by atoms with Gasteiger partial charge in [-0.2, -0.15) is 0 Å². The quantitative estimate of drug-likeness (QED) is 0.226. The van der Waals surface area contributed by atoms with Crippen LogP contribution in [0.25, 0.3) is 0 Å². The summed E-state index contributed by atoms with van der Waals surface area (Å²) in [4.78, 5) is 22.5. The molecule has 7 heteroatoms. The van der Waals surface area contributed by atoms with Gasteiger partial charge in [-0.25, -0.2) is 4.39 Å². The van der Waals surface area contributed by atoms with E-state index in [1.165, 1.54) is 17.7 Å². The molecule has 0 aromatic heterocycles. The van der Waals surface area contributed by atoms with Crippen molar-refractivity contribution < 1.29 is 28.6 Å². The van der Waals surface area contributed by atoms with E-state index in [1.807, 2.05) is 36.4 Å². The Morgan fingerprint density at radius 1 is 0.730 bits per heavy atom. The van der Waals surface area contributed by atoms with Gasteiger partial charge in [-0.15, -0.1) is 0 Å². The van der Waals surface area contributed by atoms with Gasteiger partial charge in [-0.05, 0) is 78.9 Å². The summed E-state index contributed by atoms with van der Waals surface area (Å²) in [6, 6.07) is 21.3. The fraction of sp³-hybridized carbons (Fsp3) is 0.333. The molecule has 196 valence electrons. The molecule has 0 saturated heterocycles. The van der Waals surface area contributed by atoms with Crippen LogP contribution in [0.4, 0.5) is 4.39 Å². The molecule has 0 heterocycles. The largest absolute Gasteiger partial charge is 0.494 e. The number of carboxylic acids is 1. The number of carbonyl (C=O) groups excluding carboxylic acids is 1. The predicted octanol–water partition coefficient (Wildman–Crippen LogP) is 6.18. The number of carbonyl (C=O) groups is 2. The Hall–Kier alpha value is -3.87. The van der Waals surface area contributed by atoms with Crippen LogP contribution >= 0.6 is 0 Å². The molecule has 0 aliphatic heterocycles. The molecule has 0 spiro atoms. The van der Waals surface area contributed by atoms with Crippen LogP contribution in [-0.2, 0) is 17.8 Å². The Kier molecular flexibility index (Phi) is 11.5. The molecule has 0 fully saturated rings. The summed E-state index contributed by atoms with van der Waals surface area (Å²) in [5, 5.41) is 11.2. The molecule has 3 aromatic rings. The van der Waals surface area contributed by atoms with Gasteiger partial charge in [0.05, 0.1) is 13.0 Å². The number of amides is 1. The Balaban J connectivity index is 1.21. The summed E-state index contributed by atoms with van der Waals surface area (Å²) in [6.45, 7) is 1.19. The number of halogens is 1. The highest BCUT2D eigenvalue weighted by Gasteiger charge is 2.06. The summed E-state index contributed by atoms with van der Waals surface area (Å²) >= 11 is 0. The van der Waals surface area contributed by atoms with Crippen LogP contribution in [0.2, 0.25) is 0 Å². The summed E-state index contributed by atoms with van der Waals surface area (Å²) in [7, 11) is 0. The van der Waals surface area contributed by atoms with Gasteiger partial charge >= 0.3 is 5.97 Å². The van der Waals surface area contributed by atoms with Crippen LogP contribution < -0.4 is 14.8 Å². The van der Waals surface area contributed by atoms with E-state index >= 15 is 0 Å². The number of carboxylic acid groups (broad SMARTS) is 1. The Bertz CT molecular complexity index is 1100. The maximum absolute atomic E-state index is 13.0. The van der Waals surface area contributed by atoms with Gasteiger partial charge in [0.15, 0.2) is 0 Å². The molecule has 0 aliphatic carbocycles. The number of hydrogen-bond acceptors (Lipinski definition) is 4. The fourth-order valence-corrected chi connectivity index (χ4v) is 3.74. The number of unbranched alkanes of at least 4 members (excludes halogenated alkanes) is 4. The third-order valence-corrected chi connectivity index (χ3v) is 5.86. The third-order valence-electron chi connectivity index (χ3n) is 5.86. The summed E-state index contributed by atoms with van der Waals surface area (Å²) in [5.74, 6) is 0.119. The van der Waals surface area contributed by atoms with Crippen molar-refractivity contribution in [2.45, 2.75) is 51.6 Å². The number of ether oxygens (including phenoxy) is 2. The molecule has 6 nitrogen and oxygen atoms in total.